The van der Waals surface area contributed by atoms with E-state index >= 15 is 0 Å². The molecular formula is C23H25F3N6O2. The van der Waals surface area contributed by atoms with Crippen molar-refractivity contribution in [1.29, 1.82) is 0 Å². The molecule has 5 rings (SSSR count). The second-order valence-electron chi connectivity index (χ2n) is 9.00. The molecule has 0 amide bonds. The van der Waals surface area contributed by atoms with Crippen LogP contribution >= 0.6 is 0 Å². The highest BCUT2D eigenvalue weighted by atomic mass is 19.3. The number of alkyl halides is 2. The third-order valence-electron chi connectivity index (χ3n) is 6.39. The molecule has 0 saturated heterocycles. The van der Waals surface area contributed by atoms with Gasteiger partial charge in [-0.2, -0.15) is 4.98 Å². The minimum atomic E-state index is -2.59. The number of imidazole rings is 1. The average molecular weight is 474 g/mol. The van der Waals surface area contributed by atoms with Crippen molar-refractivity contribution in [2.45, 2.75) is 57.2 Å². The van der Waals surface area contributed by atoms with Crippen molar-refractivity contribution < 1.29 is 23.0 Å². The standard InChI is InChI=1S/C23H25F3N6O2/c1-23(33)6-3-14(4-7-23)28-22-29-21(34-2)20-15(5-8-32(20)30-22)13-9-16(24)19-17(10-13)31(12-27-19)11-18(25)26/h5,8-10,12,14,18,33H,3-4,6-7,11H2,1-2H3,(H,28,30). The van der Waals surface area contributed by atoms with Crippen LogP contribution < -0.4 is 10.1 Å². The normalized spacial score (nSPS) is 21.0. The van der Waals surface area contributed by atoms with Crippen LogP contribution in [0, 0.1) is 5.82 Å². The third-order valence-corrected chi connectivity index (χ3v) is 6.39. The first-order valence-electron chi connectivity index (χ1n) is 11.1. The van der Waals surface area contributed by atoms with Gasteiger partial charge in [0.25, 0.3) is 6.43 Å². The van der Waals surface area contributed by atoms with Crippen LogP contribution in [0.2, 0.25) is 0 Å². The number of methoxy groups -OCH3 is 1. The summed E-state index contributed by atoms with van der Waals surface area (Å²) >= 11 is 0. The molecule has 1 fully saturated rings. The first-order valence-corrected chi connectivity index (χ1v) is 11.1. The number of hydrogen-bond acceptors (Lipinski definition) is 6. The third kappa shape index (κ3) is 4.15. The van der Waals surface area contributed by atoms with E-state index in [1.54, 1.807) is 22.8 Å². The van der Waals surface area contributed by atoms with E-state index in [0.717, 1.165) is 12.8 Å². The Labute approximate surface area is 193 Å². The Hall–Kier alpha value is -3.34. The van der Waals surface area contributed by atoms with E-state index in [1.165, 1.54) is 24.1 Å². The van der Waals surface area contributed by atoms with Gasteiger partial charge < -0.3 is 19.7 Å². The number of nitrogens with zero attached hydrogens (tertiary/aromatic N) is 5. The molecule has 1 aromatic carbocycles. The van der Waals surface area contributed by atoms with E-state index in [-0.39, 0.29) is 17.1 Å². The Bertz CT molecular complexity index is 1340. The molecule has 1 saturated carbocycles. The summed E-state index contributed by atoms with van der Waals surface area (Å²) in [6.45, 7) is 1.27. The largest absolute Gasteiger partial charge is 0.479 e. The van der Waals surface area contributed by atoms with Gasteiger partial charge in [-0.3, -0.25) is 0 Å². The van der Waals surface area contributed by atoms with Crippen molar-refractivity contribution in [3.05, 3.63) is 36.5 Å². The minimum Gasteiger partial charge on any atom is -0.479 e. The van der Waals surface area contributed by atoms with Crippen molar-refractivity contribution in [1.82, 2.24) is 24.1 Å². The van der Waals surface area contributed by atoms with E-state index in [1.807, 2.05) is 6.92 Å². The number of aliphatic hydroxyl groups is 1. The molecule has 1 aliphatic carbocycles. The number of hydrogen-bond donors (Lipinski definition) is 2. The van der Waals surface area contributed by atoms with Gasteiger partial charge in [-0.1, -0.05) is 0 Å². The van der Waals surface area contributed by atoms with Gasteiger partial charge in [-0.15, -0.1) is 5.10 Å². The van der Waals surface area contributed by atoms with Gasteiger partial charge in [0, 0.05) is 17.8 Å². The quantitative estimate of drug-likeness (QED) is 0.434. The number of nitrogens with one attached hydrogen (secondary N) is 1. The zero-order valence-electron chi connectivity index (χ0n) is 18.8. The molecular weight excluding hydrogens is 449 g/mol. The van der Waals surface area contributed by atoms with E-state index in [0.29, 0.717) is 41.3 Å². The van der Waals surface area contributed by atoms with Crippen LogP contribution in [0.25, 0.3) is 27.7 Å². The molecule has 0 atom stereocenters. The van der Waals surface area contributed by atoms with Gasteiger partial charge in [0.1, 0.15) is 11.0 Å². The fourth-order valence-corrected chi connectivity index (χ4v) is 4.57. The predicted octanol–water partition coefficient (Wildman–Crippen LogP) is 4.26. The van der Waals surface area contributed by atoms with Crippen molar-refractivity contribution in [2.24, 2.45) is 0 Å². The number of rotatable bonds is 6. The second-order valence-corrected chi connectivity index (χ2v) is 9.00. The molecule has 4 aromatic rings. The first kappa shape index (κ1) is 22.5. The molecule has 0 bridgehead atoms. The average Bonchev–Trinajstić information content (AvgIpc) is 3.39. The molecule has 2 N–H and O–H groups in total. The van der Waals surface area contributed by atoms with Crippen LogP contribution in [-0.2, 0) is 6.54 Å². The van der Waals surface area contributed by atoms with Gasteiger partial charge in [-0.25, -0.2) is 22.7 Å². The van der Waals surface area contributed by atoms with Gasteiger partial charge in [0.05, 0.1) is 31.1 Å². The number of ether oxygens (including phenoxy) is 1. The Kier molecular flexibility index (Phi) is 5.59. The Morgan fingerprint density at radius 2 is 2.06 bits per heavy atom. The van der Waals surface area contributed by atoms with E-state index in [9.17, 15) is 18.3 Å². The maximum atomic E-state index is 14.8. The lowest BCUT2D eigenvalue weighted by molar-refractivity contribution is 0.0195. The minimum absolute atomic E-state index is 0.0362. The number of anilines is 1. The van der Waals surface area contributed by atoms with Crippen LogP contribution in [0.3, 0.4) is 0 Å². The second kappa shape index (κ2) is 8.46. The summed E-state index contributed by atoms with van der Waals surface area (Å²) in [7, 11) is 1.49. The highest BCUT2D eigenvalue weighted by Crippen LogP contribution is 2.35. The molecule has 0 aliphatic heterocycles. The summed E-state index contributed by atoms with van der Waals surface area (Å²) in [5, 5.41) is 18.0. The molecule has 8 nitrogen and oxygen atoms in total. The molecule has 0 radical (unpaired) electrons. The summed E-state index contributed by atoms with van der Waals surface area (Å²) in [4.78, 5) is 8.44. The highest BCUT2D eigenvalue weighted by Gasteiger charge is 2.29. The van der Waals surface area contributed by atoms with Crippen molar-refractivity contribution in [2.75, 3.05) is 12.4 Å². The van der Waals surface area contributed by atoms with Crippen LogP contribution in [-0.4, -0.2) is 54.4 Å². The zero-order valence-corrected chi connectivity index (χ0v) is 18.8. The fraction of sp³-hybridized carbons (Fsp3) is 0.435. The van der Waals surface area contributed by atoms with Crippen molar-refractivity contribution in [3.8, 4) is 17.0 Å². The molecule has 34 heavy (non-hydrogen) atoms. The smallest absolute Gasteiger partial charge is 0.256 e. The first-order chi connectivity index (χ1) is 16.2. The summed E-state index contributed by atoms with van der Waals surface area (Å²) in [5.41, 5.74) is 1.27. The maximum Gasteiger partial charge on any atom is 0.256 e. The number of benzene rings is 1. The van der Waals surface area contributed by atoms with Crippen LogP contribution in [0.15, 0.2) is 30.7 Å². The maximum absolute atomic E-state index is 14.8. The predicted molar refractivity (Wildman–Crippen MR) is 121 cm³/mol. The van der Waals surface area contributed by atoms with Gasteiger partial charge in [-0.05, 0) is 56.4 Å². The number of aromatic nitrogens is 5. The van der Waals surface area contributed by atoms with Crippen molar-refractivity contribution in [3.63, 3.8) is 0 Å². The van der Waals surface area contributed by atoms with Gasteiger partial charge >= 0.3 is 0 Å². The van der Waals surface area contributed by atoms with Gasteiger partial charge in [0.2, 0.25) is 11.8 Å². The summed E-state index contributed by atoms with van der Waals surface area (Å²) in [6, 6.07) is 4.83. The Balaban J connectivity index is 1.52. The number of halogens is 3. The van der Waals surface area contributed by atoms with Crippen LogP contribution in [0.4, 0.5) is 19.1 Å². The molecule has 180 valence electrons. The lowest BCUT2D eigenvalue weighted by atomic mass is 9.84. The van der Waals surface area contributed by atoms with Crippen molar-refractivity contribution >= 4 is 22.5 Å². The van der Waals surface area contributed by atoms with Gasteiger partial charge in [0.15, 0.2) is 5.82 Å². The van der Waals surface area contributed by atoms with Crippen LogP contribution in [0.5, 0.6) is 5.88 Å². The molecule has 1 aliphatic rings. The summed E-state index contributed by atoms with van der Waals surface area (Å²) < 4.78 is 49.1. The molecule has 11 heteroatoms. The van der Waals surface area contributed by atoms with E-state index < -0.39 is 24.4 Å². The summed E-state index contributed by atoms with van der Waals surface area (Å²) in [5.74, 6) is 0.0720. The Morgan fingerprint density at radius 3 is 2.76 bits per heavy atom. The van der Waals surface area contributed by atoms with Crippen LogP contribution in [0.1, 0.15) is 32.6 Å². The lowest BCUT2D eigenvalue weighted by Gasteiger charge is -2.33. The SMILES string of the molecule is COc1nc(NC2CCC(C)(O)CC2)nn2ccc(-c3cc(F)c4ncn(CC(F)F)c4c3)c12. The topological polar surface area (TPSA) is 89.5 Å². The summed E-state index contributed by atoms with van der Waals surface area (Å²) in [6.07, 6.45) is 3.30. The van der Waals surface area contributed by atoms with E-state index in [4.69, 9.17) is 4.74 Å². The number of fused-ring (bicyclic) bond motifs is 2. The fourth-order valence-electron chi connectivity index (χ4n) is 4.57. The molecule has 0 spiro atoms. The molecule has 0 unspecified atom stereocenters. The highest BCUT2D eigenvalue weighted by molar-refractivity contribution is 5.90. The van der Waals surface area contributed by atoms with E-state index in [2.05, 4.69) is 20.4 Å². The molecule has 3 aromatic heterocycles. The monoisotopic (exact) mass is 474 g/mol. The zero-order chi connectivity index (χ0) is 24.0. The molecule has 3 heterocycles. The lowest BCUT2D eigenvalue weighted by Crippen LogP contribution is -2.36. The Morgan fingerprint density at radius 1 is 1.29 bits per heavy atom.